The van der Waals surface area contributed by atoms with Crippen LogP contribution < -0.4 is 41.8 Å². The first-order chi connectivity index (χ1) is 45.2. The van der Waals surface area contributed by atoms with Crippen molar-refractivity contribution in [1.82, 2.24) is 35.5 Å². The highest BCUT2D eigenvalue weighted by Crippen LogP contribution is 2.37. The van der Waals surface area contributed by atoms with Crippen molar-refractivity contribution >= 4 is 41.7 Å². The number of halogens is 1. The molecule has 94 heavy (non-hydrogen) atoms. The van der Waals surface area contributed by atoms with Gasteiger partial charge in [0.2, 0.25) is 0 Å². The number of hydrogen-bond acceptors (Lipinski definition) is 11. The van der Waals surface area contributed by atoms with Crippen molar-refractivity contribution in [2.24, 2.45) is 17.6 Å². The van der Waals surface area contributed by atoms with E-state index in [-0.39, 0.29) is 42.8 Å². The predicted molar refractivity (Wildman–Crippen MR) is 373 cm³/mol. The summed E-state index contributed by atoms with van der Waals surface area (Å²) in [6, 6.07) is 71.4. The Balaban J connectivity index is 0.000000205. The highest BCUT2D eigenvalue weighted by Gasteiger charge is 2.28. The van der Waals surface area contributed by atoms with Crippen LogP contribution >= 0.6 is 12.4 Å². The molecule has 0 saturated heterocycles. The summed E-state index contributed by atoms with van der Waals surface area (Å²) in [6.07, 6.45) is 4.48. The second-order valence-electron chi connectivity index (χ2n) is 24.9. The van der Waals surface area contributed by atoms with Gasteiger partial charge >= 0.3 is 6.09 Å². The normalized spacial score (nSPS) is 13.3. The van der Waals surface area contributed by atoms with Crippen LogP contribution in [0.4, 0.5) is 16.2 Å². The van der Waals surface area contributed by atoms with Gasteiger partial charge in [-0.1, -0.05) is 146 Å². The number of aryl methyl sites for hydroxylation is 2. The van der Waals surface area contributed by atoms with Gasteiger partial charge in [0.25, 0.3) is 11.8 Å². The van der Waals surface area contributed by atoms with Gasteiger partial charge in [-0.3, -0.25) is 9.59 Å². The summed E-state index contributed by atoms with van der Waals surface area (Å²) >= 11 is 0. The van der Waals surface area contributed by atoms with Crippen molar-refractivity contribution < 1.29 is 28.6 Å². The first kappa shape index (κ1) is 67.1. The van der Waals surface area contributed by atoms with E-state index in [4.69, 9.17) is 19.9 Å². The van der Waals surface area contributed by atoms with Crippen molar-refractivity contribution in [3.63, 3.8) is 0 Å². The van der Waals surface area contributed by atoms with Crippen LogP contribution in [-0.2, 0) is 31.0 Å². The predicted octanol–water partition coefficient (Wildman–Crippen LogP) is 15.1. The fourth-order valence-corrected chi connectivity index (χ4v) is 11.0. The molecule has 484 valence electrons. The molecular weight excluding hydrogens is 1200 g/mol. The molecule has 2 unspecified atom stereocenters. The highest BCUT2D eigenvalue weighted by atomic mass is 35.5. The second-order valence-corrected chi connectivity index (χ2v) is 24.9. The SMILES string of the molecule is Cc1cc(C(=O)Nc2cccc(C(NCC3CC3)c3ccccc3OCc3ccccc3)c2)n(-c2cccc(CN)c2)n1.Cc1cc(C(=O)Nc2cccc(C(NCC3CC3)c3ccccc3OCc3ccccc3)c2)n(-c2cccc(CNC(=O)OC(C)(C)C)c2)n1.Cl. The molecule has 0 aliphatic heterocycles. The molecule has 0 bridgehead atoms. The molecule has 2 aliphatic carbocycles. The molecule has 2 saturated carbocycles. The summed E-state index contributed by atoms with van der Waals surface area (Å²) in [5.41, 5.74) is 18.7. The van der Waals surface area contributed by atoms with E-state index >= 15 is 0 Å². The minimum absolute atomic E-state index is 0. The van der Waals surface area contributed by atoms with Gasteiger partial charge in [-0.05, 0) is 191 Å². The molecule has 16 nitrogen and oxygen atoms in total. The van der Waals surface area contributed by atoms with Crippen LogP contribution in [0.5, 0.6) is 11.5 Å². The number of carbonyl (C=O) groups excluding carboxylic acids is 3. The standard InChI is InChI=1S/C41H45N5O4.C36H37N5O2.ClH/c1-28-22-36(46(45-28)34-17-10-14-31(23-34)26-43-40(48)50-41(2,3)4)39(47)44-33-16-11-15-32(24-33)38(42-25-29-20-21-29)35-18-8-9-19-37(35)49-27-30-12-6-5-7-13-30;1-25-19-33(41(40-25)31-14-7-11-28(20-31)22-37)36(42)39-30-13-8-12-29(21-30)35(38-23-26-17-18-26)32-15-5-6-16-34(32)43-24-27-9-3-2-4-10-27;/h5-19,22-24,29,38,42H,20-21,25-27H2,1-4H3,(H,43,48)(H,44,47);2-16,19-21,26,35,38H,17-18,22-24,37H2,1H3,(H,39,42);1H. The van der Waals surface area contributed by atoms with Gasteiger partial charge < -0.3 is 46.5 Å². The van der Waals surface area contributed by atoms with E-state index in [9.17, 15) is 14.4 Å². The van der Waals surface area contributed by atoms with E-state index in [1.54, 1.807) is 21.5 Å². The number of ether oxygens (including phenoxy) is 3. The summed E-state index contributed by atoms with van der Waals surface area (Å²) in [5.74, 6) is 2.52. The number of alkyl carbamates (subject to hydrolysis) is 1. The zero-order valence-corrected chi connectivity index (χ0v) is 54.7. The topological polar surface area (TPSA) is 201 Å². The Kier molecular flexibility index (Phi) is 22.6. The summed E-state index contributed by atoms with van der Waals surface area (Å²) < 4.78 is 21.4. The molecule has 2 fully saturated rings. The van der Waals surface area contributed by atoms with Crippen molar-refractivity contribution in [1.29, 1.82) is 0 Å². The van der Waals surface area contributed by atoms with Crippen LogP contribution in [0.1, 0.15) is 135 Å². The molecule has 12 rings (SSSR count). The smallest absolute Gasteiger partial charge is 0.407 e. The first-order valence-corrected chi connectivity index (χ1v) is 32.0. The van der Waals surface area contributed by atoms with Gasteiger partial charge in [0.15, 0.2) is 0 Å². The molecule has 0 radical (unpaired) electrons. The third-order valence-electron chi connectivity index (χ3n) is 16.0. The van der Waals surface area contributed by atoms with Gasteiger partial charge in [-0.2, -0.15) is 10.2 Å². The maximum absolute atomic E-state index is 13.8. The Morgan fingerprint density at radius 1 is 0.511 bits per heavy atom. The summed E-state index contributed by atoms with van der Waals surface area (Å²) in [6.45, 7) is 12.7. The Labute approximate surface area is 557 Å². The number of anilines is 2. The van der Waals surface area contributed by atoms with Crippen LogP contribution in [0.15, 0.2) is 218 Å². The van der Waals surface area contributed by atoms with Crippen molar-refractivity contribution in [2.75, 3.05) is 23.7 Å². The number of hydrogen-bond donors (Lipinski definition) is 6. The third-order valence-corrected chi connectivity index (χ3v) is 16.0. The second kappa shape index (κ2) is 31.7. The van der Waals surface area contributed by atoms with Crippen LogP contribution in [0.25, 0.3) is 11.4 Å². The maximum atomic E-state index is 13.8. The van der Waals surface area contributed by atoms with E-state index in [0.717, 1.165) is 80.5 Å². The number of amides is 3. The molecule has 2 atom stereocenters. The lowest BCUT2D eigenvalue weighted by atomic mass is 9.97. The Morgan fingerprint density at radius 2 is 0.926 bits per heavy atom. The average molecular weight is 1280 g/mol. The lowest BCUT2D eigenvalue weighted by molar-refractivity contribution is 0.0523. The minimum atomic E-state index is -0.588. The summed E-state index contributed by atoms with van der Waals surface area (Å²) in [7, 11) is 0. The number of nitrogens with zero attached hydrogens (tertiary/aromatic N) is 4. The number of benzene rings is 8. The molecule has 2 aromatic heterocycles. The van der Waals surface area contributed by atoms with Crippen molar-refractivity contribution in [3.05, 3.63) is 286 Å². The summed E-state index contributed by atoms with van der Waals surface area (Å²) in [5, 5.41) is 25.8. The molecule has 2 aliphatic rings. The third kappa shape index (κ3) is 18.7. The molecule has 0 spiro atoms. The first-order valence-electron chi connectivity index (χ1n) is 32.0. The number of aromatic nitrogens is 4. The fraction of sp³-hybridized carbons (Fsp3) is 0.260. The quantitative estimate of drug-likeness (QED) is 0.0318. The van der Waals surface area contributed by atoms with Crippen LogP contribution in [0, 0.1) is 25.7 Å². The minimum Gasteiger partial charge on any atom is -0.489 e. The van der Waals surface area contributed by atoms with E-state index < -0.39 is 11.7 Å². The molecule has 10 aromatic rings. The van der Waals surface area contributed by atoms with Gasteiger partial charge in [0.1, 0.15) is 41.7 Å². The number of carbonyl (C=O) groups is 3. The molecule has 2 heterocycles. The van der Waals surface area contributed by atoms with Crippen molar-refractivity contribution in [3.8, 4) is 22.9 Å². The highest BCUT2D eigenvalue weighted by molar-refractivity contribution is 6.04. The van der Waals surface area contributed by atoms with E-state index in [2.05, 4.69) is 85.3 Å². The monoisotopic (exact) mass is 1280 g/mol. The largest absolute Gasteiger partial charge is 0.489 e. The molecular formula is C77H83ClN10O6. The van der Waals surface area contributed by atoms with Crippen LogP contribution in [0.2, 0.25) is 0 Å². The molecule has 3 amide bonds. The lowest BCUT2D eigenvalue weighted by Crippen LogP contribution is -2.32. The zero-order valence-electron chi connectivity index (χ0n) is 53.9. The molecule has 8 aromatic carbocycles. The number of rotatable bonds is 25. The zero-order chi connectivity index (χ0) is 64.7. The Morgan fingerprint density at radius 3 is 1.37 bits per heavy atom. The van der Waals surface area contributed by atoms with Gasteiger partial charge in [-0.25, -0.2) is 14.2 Å². The fourth-order valence-electron chi connectivity index (χ4n) is 11.0. The molecule has 17 heteroatoms. The lowest BCUT2D eigenvalue weighted by Gasteiger charge is -2.23. The van der Waals surface area contributed by atoms with Gasteiger partial charge in [0.05, 0.1) is 34.8 Å². The van der Waals surface area contributed by atoms with Gasteiger partial charge in [0, 0.05) is 35.6 Å². The van der Waals surface area contributed by atoms with Crippen molar-refractivity contribution in [2.45, 2.75) is 104 Å². The maximum Gasteiger partial charge on any atom is 0.407 e. The van der Waals surface area contributed by atoms with E-state index in [0.29, 0.717) is 65.7 Å². The average Bonchev–Trinajstić information content (AvgIpc) is 1.53. The van der Waals surface area contributed by atoms with Gasteiger partial charge in [-0.15, -0.1) is 12.4 Å². The van der Waals surface area contributed by atoms with Crippen LogP contribution in [0.3, 0.4) is 0 Å². The molecule has 7 N–H and O–H groups in total. The van der Waals surface area contributed by atoms with E-state index in [1.807, 2.05) is 192 Å². The van der Waals surface area contributed by atoms with E-state index in [1.165, 1.54) is 25.7 Å². The van der Waals surface area contributed by atoms with Crippen LogP contribution in [-0.4, -0.2) is 56.2 Å². The number of para-hydroxylation sites is 2. The summed E-state index contributed by atoms with van der Waals surface area (Å²) in [4.78, 5) is 39.6. The number of nitrogens with one attached hydrogen (secondary N) is 5. The Hall–Kier alpha value is -9.84. The Bertz CT molecular complexity index is 4160. The number of nitrogens with two attached hydrogens (primary N) is 1.